The van der Waals surface area contributed by atoms with Gasteiger partial charge in [-0.25, -0.2) is 4.79 Å². The molecule has 4 aliphatic carbocycles. The molecule has 0 unspecified atom stereocenters. The number of carbonyl (C=O) groups is 2. The van der Waals surface area contributed by atoms with Crippen LogP contribution in [0.3, 0.4) is 0 Å². The first-order valence-corrected chi connectivity index (χ1v) is 7.18. The molecule has 0 amide bonds. The van der Waals surface area contributed by atoms with Gasteiger partial charge in [-0.05, 0) is 61.7 Å². The van der Waals surface area contributed by atoms with E-state index in [4.69, 9.17) is 10.2 Å². The molecule has 4 saturated carbocycles. The number of aliphatic carboxylic acids is 2. The van der Waals surface area contributed by atoms with Crippen LogP contribution in [0.25, 0.3) is 0 Å². The van der Waals surface area contributed by atoms with E-state index in [9.17, 15) is 9.59 Å². The first-order valence-electron chi connectivity index (χ1n) is 7.18. The molecule has 4 fully saturated rings. The topological polar surface area (TPSA) is 74.6 Å². The normalized spacial score (nSPS) is 40.4. The van der Waals surface area contributed by atoms with E-state index in [1.54, 1.807) is 6.08 Å². The van der Waals surface area contributed by atoms with Gasteiger partial charge in [-0.2, -0.15) is 0 Å². The highest BCUT2D eigenvalue weighted by molar-refractivity contribution is 5.92. The zero-order chi connectivity index (χ0) is 13.6. The summed E-state index contributed by atoms with van der Waals surface area (Å²) in [5.74, 6) is 1.06. The second-order valence-electron chi connectivity index (χ2n) is 6.58. The standard InChI is InChI=1S/C15H20O4/c16-14(17)7-12(15(18)19)6-13-10-2-8-1-9(4-10)5-11(13)3-8/h6,8-11,13H,1-5,7H2,(H,16,17)(H,18,19)/b12-6-. The molecule has 4 bridgehead atoms. The highest BCUT2D eigenvalue weighted by atomic mass is 16.4. The third kappa shape index (κ3) is 2.40. The number of hydrogen-bond donors (Lipinski definition) is 2. The molecule has 19 heavy (non-hydrogen) atoms. The fourth-order valence-corrected chi connectivity index (χ4v) is 4.84. The maximum Gasteiger partial charge on any atom is 0.331 e. The van der Waals surface area contributed by atoms with Gasteiger partial charge in [-0.1, -0.05) is 6.08 Å². The van der Waals surface area contributed by atoms with Crippen molar-refractivity contribution in [1.29, 1.82) is 0 Å². The minimum absolute atomic E-state index is 0.0740. The molecule has 4 nitrogen and oxygen atoms in total. The van der Waals surface area contributed by atoms with Crippen LogP contribution in [0.1, 0.15) is 38.5 Å². The van der Waals surface area contributed by atoms with Crippen molar-refractivity contribution in [3.63, 3.8) is 0 Å². The minimum atomic E-state index is -1.07. The lowest BCUT2D eigenvalue weighted by atomic mass is 9.52. The fraction of sp³-hybridized carbons (Fsp3) is 0.733. The summed E-state index contributed by atoms with van der Waals surface area (Å²) in [5, 5.41) is 18.0. The summed E-state index contributed by atoms with van der Waals surface area (Å²) in [6.07, 6.45) is 7.65. The minimum Gasteiger partial charge on any atom is -0.481 e. The van der Waals surface area contributed by atoms with Crippen molar-refractivity contribution in [3.8, 4) is 0 Å². The average Bonchev–Trinajstić information content (AvgIpc) is 2.30. The van der Waals surface area contributed by atoms with Crippen LogP contribution < -0.4 is 0 Å². The molecular weight excluding hydrogens is 244 g/mol. The Bertz CT molecular complexity index is 409. The maximum atomic E-state index is 11.2. The summed E-state index contributed by atoms with van der Waals surface area (Å²) in [7, 11) is 0. The van der Waals surface area contributed by atoms with Gasteiger partial charge < -0.3 is 10.2 Å². The van der Waals surface area contributed by atoms with E-state index in [-0.39, 0.29) is 12.0 Å². The van der Waals surface area contributed by atoms with Crippen molar-refractivity contribution in [1.82, 2.24) is 0 Å². The molecular formula is C15H20O4. The molecule has 0 aromatic heterocycles. The number of rotatable bonds is 4. The van der Waals surface area contributed by atoms with Crippen molar-refractivity contribution in [3.05, 3.63) is 11.6 Å². The Morgan fingerprint density at radius 2 is 1.47 bits per heavy atom. The first-order chi connectivity index (χ1) is 9.02. The Labute approximate surface area is 112 Å². The van der Waals surface area contributed by atoms with Crippen molar-refractivity contribution in [2.24, 2.45) is 29.6 Å². The second kappa shape index (κ2) is 4.66. The van der Waals surface area contributed by atoms with Crippen LogP contribution in [0.15, 0.2) is 11.6 Å². The van der Waals surface area contributed by atoms with E-state index < -0.39 is 11.9 Å². The summed E-state index contributed by atoms with van der Waals surface area (Å²) < 4.78 is 0. The van der Waals surface area contributed by atoms with Crippen LogP contribution in [0.2, 0.25) is 0 Å². The molecule has 104 valence electrons. The third-order valence-corrected chi connectivity index (χ3v) is 5.31. The third-order valence-electron chi connectivity index (χ3n) is 5.31. The smallest absolute Gasteiger partial charge is 0.331 e. The molecule has 0 radical (unpaired) electrons. The van der Waals surface area contributed by atoms with Crippen LogP contribution in [0, 0.1) is 29.6 Å². The van der Waals surface area contributed by atoms with Crippen molar-refractivity contribution < 1.29 is 19.8 Å². The summed E-state index contributed by atoms with van der Waals surface area (Å²) in [4.78, 5) is 21.9. The Balaban J connectivity index is 1.81. The molecule has 0 spiro atoms. The predicted molar refractivity (Wildman–Crippen MR) is 68.5 cm³/mol. The predicted octanol–water partition coefficient (Wildman–Crippen LogP) is 2.54. The van der Waals surface area contributed by atoms with Crippen LogP contribution in [0.4, 0.5) is 0 Å². The summed E-state index contributed by atoms with van der Waals surface area (Å²) in [6, 6.07) is 0. The van der Waals surface area contributed by atoms with Crippen molar-refractivity contribution in [2.45, 2.75) is 38.5 Å². The van der Waals surface area contributed by atoms with Crippen LogP contribution in [0.5, 0.6) is 0 Å². The molecule has 0 heterocycles. The second-order valence-corrected chi connectivity index (χ2v) is 6.58. The molecule has 4 aliphatic rings. The van der Waals surface area contributed by atoms with Gasteiger partial charge in [0.05, 0.1) is 6.42 Å². The summed E-state index contributed by atoms with van der Waals surface area (Å²) in [6.45, 7) is 0. The van der Waals surface area contributed by atoms with Gasteiger partial charge in [-0.3, -0.25) is 4.79 Å². The van der Waals surface area contributed by atoms with Gasteiger partial charge in [0.2, 0.25) is 0 Å². The van der Waals surface area contributed by atoms with Gasteiger partial charge in [0.25, 0.3) is 0 Å². The monoisotopic (exact) mass is 264 g/mol. The van der Waals surface area contributed by atoms with E-state index in [1.165, 1.54) is 32.1 Å². The summed E-state index contributed by atoms with van der Waals surface area (Å²) in [5.41, 5.74) is 0.0740. The molecule has 0 aliphatic heterocycles. The van der Waals surface area contributed by atoms with E-state index in [1.807, 2.05) is 0 Å². The van der Waals surface area contributed by atoms with E-state index in [0.717, 1.165) is 11.8 Å². The maximum absolute atomic E-state index is 11.2. The quantitative estimate of drug-likeness (QED) is 0.765. The van der Waals surface area contributed by atoms with Gasteiger partial charge in [-0.15, -0.1) is 0 Å². The number of carboxylic acids is 2. The highest BCUT2D eigenvalue weighted by Crippen LogP contribution is 2.57. The Hall–Kier alpha value is -1.32. The first kappa shape index (κ1) is 12.7. The summed E-state index contributed by atoms with van der Waals surface area (Å²) >= 11 is 0. The molecule has 0 atom stereocenters. The van der Waals surface area contributed by atoms with Gasteiger partial charge >= 0.3 is 11.9 Å². The molecule has 4 rings (SSSR count). The number of carboxylic acid groups (broad SMARTS) is 2. The van der Waals surface area contributed by atoms with Crippen LogP contribution in [-0.2, 0) is 9.59 Å². The van der Waals surface area contributed by atoms with E-state index in [2.05, 4.69) is 0 Å². The zero-order valence-corrected chi connectivity index (χ0v) is 10.9. The fourth-order valence-electron chi connectivity index (χ4n) is 4.84. The lowest BCUT2D eigenvalue weighted by Gasteiger charge is -2.53. The Morgan fingerprint density at radius 3 is 1.89 bits per heavy atom. The van der Waals surface area contributed by atoms with E-state index >= 15 is 0 Å². The van der Waals surface area contributed by atoms with Gasteiger partial charge in [0.15, 0.2) is 0 Å². The SMILES string of the molecule is O=C(O)C/C(=C/C1C2CC3CC(C2)CC1C3)C(=O)O. The molecule has 0 aromatic rings. The largest absolute Gasteiger partial charge is 0.481 e. The number of hydrogen-bond acceptors (Lipinski definition) is 2. The van der Waals surface area contributed by atoms with Crippen molar-refractivity contribution in [2.75, 3.05) is 0 Å². The number of allylic oxidation sites excluding steroid dienone is 1. The highest BCUT2D eigenvalue weighted by Gasteiger charge is 2.47. The molecule has 4 heteroatoms. The molecule has 2 N–H and O–H groups in total. The lowest BCUT2D eigenvalue weighted by molar-refractivity contribution is -0.139. The lowest BCUT2D eigenvalue weighted by Crippen LogP contribution is -2.44. The molecule has 0 saturated heterocycles. The van der Waals surface area contributed by atoms with Crippen molar-refractivity contribution >= 4 is 11.9 Å². The Kier molecular flexibility index (Phi) is 3.11. The van der Waals surface area contributed by atoms with Crippen LogP contribution in [-0.4, -0.2) is 22.2 Å². The van der Waals surface area contributed by atoms with Gasteiger partial charge in [0, 0.05) is 5.57 Å². The zero-order valence-electron chi connectivity index (χ0n) is 10.9. The molecule has 0 aromatic carbocycles. The average molecular weight is 264 g/mol. The van der Waals surface area contributed by atoms with Gasteiger partial charge in [0.1, 0.15) is 0 Å². The van der Waals surface area contributed by atoms with Crippen LogP contribution >= 0.6 is 0 Å². The van der Waals surface area contributed by atoms with E-state index in [0.29, 0.717) is 17.8 Å². The Morgan fingerprint density at radius 1 is 0.947 bits per heavy atom.